The summed E-state index contributed by atoms with van der Waals surface area (Å²) in [5.41, 5.74) is 10.4. The molecule has 30 nitrogen and oxygen atoms in total. The molecule has 0 spiro atoms. The fourth-order valence-corrected chi connectivity index (χ4v) is 6.38. The summed E-state index contributed by atoms with van der Waals surface area (Å²) in [7, 11) is 0. The van der Waals surface area contributed by atoms with E-state index in [0.29, 0.717) is 0 Å². The Morgan fingerprint density at radius 2 is 0.750 bits per heavy atom. The number of aliphatic hydroxyl groups is 2. The van der Waals surface area contributed by atoms with Crippen LogP contribution in [0.5, 0.6) is 0 Å². The van der Waals surface area contributed by atoms with Crippen molar-refractivity contribution in [1.82, 2.24) is 52.5 Å². The number of carbonyl (C=O) groups excluding carboxylic acids is 8. The molecule has 0 bridgehead atoms. The zero-order valence-electron chi connectivity index (χ0n) is 40.4. The van der Waals surface area contributed by atoms with Gasteiger partial charge in [0.2, 0.25) is 35.4 Å². The Balaban J connectivity index is 2.48. The van der Waals surface area contributed by atoms with Crippen molar-refractivity contribution < 1.29 is 88.2 Å². The summed E-state index contributed by atoms with van der Waals surface area (Å²) < 4.78 is 0. The SMILES string of the molecule is NCC#CCC(NC(=O)[C@H](CCCC[C@H](NC(=O)[C@H](CC(=O)O)NC(=O)[C@H](CO)NC(=O)c1ccccn1)C(=O)NC(CC#CCN)C(=O)O)NC(=O)[C@H](CC(=O)O)NC(=O)[C@H](CO)NC(=O)c1ccccn1)C(=O)O. The summed E-state index contributed by atoms with van der Waals surface area (Å²) >= 11 is 0. The molecule has 2 aromatic heterocycles. The fourth-order valence-electron chi connectivity index (χ4n) is 6.38. The Morgan fingerprint density at radius 3 is 1.04 bits per heavy atom. The lowest BCUT2D eigenvalue weighted by atomic mass is 10.0. The highest BCUT2D eigenvalue weighted by Gasteiger charge is 2.35. The number of aliphatic carboxylic acids is 4. The third kappa shape index (κ3) is 22.8. The van der Waals surface area contributed by atoms with Gasteiger partial charge in [-0.25, -0.2) is 9.59 Å². The Labute approximate surface area is 432 Å². The highest BCUT2D eigenvalue weighted by Crippen LogP contribution is 2.11. The normalized spacial score (nSPS) is 13.6. The Morgan fingerprint density at radius 1 is 0.434 bits per heavy atom. The van der Waals surface area contributed by atoms with E-state index in [0.717, 1.165) is 0 Å². The minimum atomic E-state index is -2.02. The molecule has 0 radical (unpaired) electrons. The summed E-state index contributed by atoms with van der Waals surface area (Å²) in [4.78, 5) is 162. The van der Waals surface area contributed by atoms with Gasteiger partial charge in [0.15, 0.2) is 0 Å². The van der Waals surface area contributed by atoms with Crippen LogP contribution >= 0.6 is 0 Å². The van der Waals surface area contributed by atoms with E-state index in [4.69, 9.17) is 11.5 Å². The molecular weight excluding hydrogens is 1010 g/mol. The van der Waals surface area contributed by atoms with Crippen LogP contribution in [0.4, 0.5) is 0 Å². The zero-order chi connectivity index (χ0) is 56.7. The third-order valence-corrected chi connectivity index (χ3v) is 10.2. The highest BCUT2D eigenvalue weighted by atomic mass is 16.4. The largest absolute Gasteiger partial charge is 0.481 e. The van der Waals surface area contributed by atoms with Gasteiger partial charge in [-0.3, -0.25) is 57.9 Å². The number of nitrogens with two attached hydrogens (primary N) is 2. The topological polar surface area (TPSA) is 500 Å². The minimum Gasteiger partial charge on any atom is -0.481 e. The second-order valence-corrected chi connectivity index (χ2v) is 15.9. The molecule has 410 valence electrons. The lowest BCUT2D eigenvalue weighted by Gasteiger charge is -2.26. The number of carboxylic acid groups (broad SMARTS) is 4. The van der Waals surface area contributed by atoms with Crippen LogP contribution in [0.1, 0.15) is 72.3 Å². The Kier molecular flexibility index (Phi) is 27.9. The van der Waals surface area contributed by atoms with Gasteiger partial charge in [0.1, 0.15) is 59.7 Å². The number of hydrogen-bond acceptors (Lipinski definition) is 18. The summed E-state index contributed by atoms with van der Waals surface area (Å²) in [5.74, 6) is -6.19. The lowest BCUT2D eigenvalue weighted by Crippen LogP contribution is -2.58. The number of carboxylic acids is 4. The molecule has 0 saturated heterocycles. The van der Waals surface area contributed by atoms with Gasteiger partial charge in [-0.1, -0.05) is 48.7 Å². The summed E-state index contributed by atoms with van der Waals surface area (Å²) in [5, 5.41) is 76.1. The molecule has 0 aromatic carbocycles. The van der Waals surface area contributed by atoms with Gasteiger partial charge in [0.25, 0.3) is 11.8 Å². The number of hydrogen-bond donors (Lipinski definition) is 16. The molecule has 2 heterocycles. The van der Waals surface area contributed by atoms with Gasteiger partial charge in [0, 0.05) is 25.2 Å². The second-order valence-electron chi connectivity index (χ2n) is 15.9. The molecule has 30 heteroatoms. The first-order valence-electron chi connectivity index (χ1n) is 22.8. The number of aromatic nitrogens is 2. The number of pyridine rings is 2. The van der Waals surface area contributed by atoms with Crippen molar-refractivity contribution in [2.24, 2.45) is 11.5 Å². The van der Waals surface area contributed by atoms with Gasteiger partial charge >= 0.3 is 23.9 Å². The van der Waals surface area contributed by atoms with E-state index in [1.54, 1.807) is 0 Å². The highest BCUT2D eigenvalue weighted by molar-refractivity contribution is 6.00. The maximum absolute atomic E-state index is 13.8. The predicted octanol–water partition coefficient (Wildman–Crippen LogP) is -6.35. The van der Waals surface area contributed by atoms with Crippen molar-refractivity contribution in [1.29, 1.82) is 0 Å². The molecule has 2 aromatic rings. The van der Waals surface area contributed by atoms with Crippen LogP contribution in [-0.4, -0.2) is 186 Å². The first kappa shape index (κ1) is 63.0. The van der Waals surface area contributed by atoms with Crippen LogP contribution in [0.3, 0.4) is 0 Å². The van der Waals surface area contributed by atoms with Gasteiger partial charge in [-0.15, -0.1) is 0 Å². The second kappa shape index (κ2) is 33.6. The molecule has 0 fully saturated rings. The molecule has 0 aliphatic rings. The monoisotopic (exact) mass is 1070 g/mol. The van der Waals surface area contributed by atoms with Crippen molar-refractivity contribution in [2.45, 2.75) is 99.7 Å². The van der Waals surface area contributed by atoms with Crippen LogP contribution < -0.4 is 54.0 Å². The number of nitrogens with one attached hydrogen (secondary N) is 8. The molecule has 8 amide bonds. The van der Waals surface area contributed by atoms with Crippen molar-refractivity contribution in [3.63, 3.8) is 0 Å². The first-order chi connectivity index (χ1) is 36.1. The average Bonchev–Trinajstić information content (AvgIpc) is 3.38. The maximum Gasteiger partial charge on any atom is 0.327 e. The van der Waals surface area contributed by atoms with Crippen LogP contribution in [0.2, 0.25) is 0 Å². The number of aliphatic hydroxyl groups excluding tert-OH is 2. The van der Waals surface area contributed by atoms with Crippen LogP contribution in [-0.2, 0) is 47.9 Å². The van der Waals surface area contributed by atoms with Gasteiger partial charge in [-0.05, 0) is 37.1 Å². The van der Waals surface area contributed by atoms with Gasteiger partial charge in [-0.2, -0.15) is 0 Å². The van der Waals surface area contributed by atoms with E-state index in [-0.39, 0.29) is 37.3 Å². The molecule has 0 aliphatic carbocycles. The Bertz CT molecular complexity index is 2340. The van der Waals surface area contributed by atoms with E-state index in [1.165, 1.54) is 48.8 Å². The standard InChI is InChI=1S/C46H58N12O18/c47-17-7-3-15-29(45(73)74)53-39(67)27(51-41(69)31(21-35(61)62)55-43(71)33(23-59)57-37(65)25-11-5-9-19-49-25)13-1-2-14-28(40(68)54-30(46(75)76)16-4-8-18-48)52-42(70)32(22-36(63)64)56-44(72)34(24-60)58-38(66)26-12-6-10-20-50-26/h5-6,9-12,19-20,27-34,59-60H,1-2,13-18,21-24,47-48H2,(H,51,69)(H,52,70)(H,53,67)(H,54,68)(H,55,71)(H,56,72)(H,57,65)(H,58,66)(H,61,62)(H,63,64)(H,73,74)(H,75,76)/t27-,28-,29?,30?,31-,32-,33-,34-/m0/s1. The van der Waals surface area contributed by atoms with Crippen LogP contribution in [0.15, 0.2) is 48.8 Å². The van der Waals surface area contributed by atoms with E-state index in [9.17, 15) is 88.2 Å². The van der Waals surface area contributed by atoms with Crippen LogP contribution in [0.25, 0.3) is 0 Å². The number of carbonyl (C=O) groups is 12. The zero-order valence-corrected chi connectivity index (χ0v) is 40.4. The molecule has 2 unspecified atom stereocenters. The summed E-state index contributed by atoms with van der Waals surface area (Å²) in [6, 6.07) is -6.12. The molecule has 18 N–H and O–H groups in total. The molecule has 0 saturated carbocycles. The summed E-state index contributed by atoms with van der Waals surface area (Å²) in [6.45, 7) is -2.45. The van der Waals surface area contributed by atoms with Crippen molar-refractivity contribution >= 4 is 71.1 Å². The fraction of sp³-hybridized carbons (Fsp3) is 0.435. The lowest BCUT2D eigenvalue weighted by molar-refractivity contribution is -0.143. The van der Waals surface area contributed by atoms with Gasteiger partial charge in [0.05, 0.1) is 39.1 Å². The molecule has 0 aliphatic heterocycles. The van der Waals surface area contributed by atoms with Crippen molar-refractivity contribution in [3.8, 4) is 23.7 Å². The maximum atomic E-state index is 13.8. The summed E-state index contributed by atoms with van der Waals surface area (Å²) in [6.07, 6.45) is -2.19. The molecular formula is C46H58N12O18. The van der Waals surface area contributed by atoms with E-state index in [1.807, 2.05) is 0 Å². The predicted molar refractivity (Wildman–Crippen MR) is 258 cm³/mol. The third-order valence-electron chi connectivity index (χ3n) is 10.2. The number of nitrogens with zero attached hydrogens (tertiary/aromatic N) is 2. The molecule has 2 rings (SSSR count). The van der Waals surface area contributed by atoms with E-state index < -0.39 is 171 Å². The molecule has 8 atom stereocenters. The van der Waals surface area contributed by atoms with Crippen molar-refractivity contribution in [2.75, 3.05) is 26.3 Å². The minimum absolute atomic E-state index is 0.174. The van der Waals surface area contributed by atoms with E-state index in [2.05, 4.69) is 76.2 Å². The van der Waals surface area contributed by atoms with Gasteiger partial charge < -0.3 is 84.6 Å². The molecule has 76 heavy (non-hydrogen) atoms. The number of amides is 8. The number of unbranched alkanes of at least 4 members (excludes halogenated alkanes) is 1. The smallest absolute Gasteiger partial charge is 0.327 e. The Hall–Kier alpha value is -9.10. The quantitative estimate of drug-likeness (QED) is 0.0247. The first-order valence-corrected chi connectivity index (χ1v) is 22.8. The average molecular weight is 1070 g/mol. The number of rotatable bonds is 31. The van der Waals surface area contributed by atoms with Crippen molar-refractivity contribution in [3.05, 3.63) is 60.2 Å². The van der Waals surface area contributed by atoms with Crippen LogP contribution in [0, 0.1) is 23.7 Å². The van der Waals surface area contributed by atoms with E-state index >= 15 is 0 Å².